The molecule has 4 rings (SSSR count). The zero-order valence-corrected chi connectivity index (χ0v) is 17.3. The molecule has 1 fully saturated rings. The molecule has 3 aromatic rings. The van der Waals surface area contributed by atoms with Gasteiger partial charge in [0.1, 0.15) is 5.76 Å². The highest BCUT2D eigenvalue weighted by atomic mass is 19.1. The zero-order chi connectivity index (χ0) is 20.9. The third-order valence-corrected chi connectivity index (χ3v) is 5.33. The van der Waals surface area contributed by atoms with Crippen molar-refractivity contribution < 1.29 is 18.3 Å². The molecule has 0 N–H and O–H groups in total. The van der Waals surface area contributed by atoms with Crippen LogP contribution in [0.4, 0.5) is 4.39 Å². The molecule has 0 saturated carbocycles. The van der Waals surface area contributed by atoms with E-state index in [1.54, 1.807) is 18.3 Å². The number of halogens is 1. The van der Waals surface area contributed by atoms with Gasteiger partial charge in [-0.25, -0.2) is 9.37 Å². The Morgan fingerprint density at radius 3 is 3.00 bits per heavy atom. The number of rotatable bonds is 7. The number of methoxy groups -OCH3 is 1. The van der Waals surface area contributed by atoms with Gasteiger partial charge < -0.3 is 13.9 Å². The van der Waals surface area contributed by atoms with Crippen LogP contribution in [0.5, 0.6) is 5.75 Å². The van der Waals surface area contributed by atoms with Gasteiger partial charge in [0.25, 0.3) is 0 Å². The highest BCUT2D eigenvalue weighted by Crippen LogP contribution is 2.28. The Morgan fingerprint density at radius 2 is 2.20 bits per heavy atom. The number of ether oxygens (including phenoxy) is 2. The van der Waals surface area contributed by atoms with Gasteiger partial charge in [-0.3, -0.25) is 9.88 Å². The van der Waals surface area contributed by atoms with Crippen molar-refractivity contribution >= 4 is 0 Å². The smallest absolute Gasteiger partial charge is 0.226 e. The fourth-order valence-electron chi connectivity index (χ4n) is 3.69. The molecular formula is C23H26FN3O3. The summed E-state index contributed by atoms with van der Waals surface area (Å²) < 4.78 is 30.7. The van der Waals surface area contributed by atoms with E-state index in [-0.39, 0.29) is 11.9 Å². The number of pyridine rings is 1. The van der Waals surface area contributed by atoms with Gasteiger partial charge in [0, 0.05) is 31.0 Å². The summed E-state index contributed by atoms with van der Waals surface area (Å²) >= 11 is 0. The van der Waals surface area contributed by atoms with Crippen LogP contribution >= 0.6 is 0 Å². The Balaban J connectivity index is 1.39. The summed E-state index contributed by atoms with van der Waals surface area (Å²) in [6.07, 6.45) is 5.92. The first-order chi connectivity index (χ1) is 14.6. The molecule has 0 radical (unpaired) electrons. The fourth-order valence-corrected chi connectivity index (χ4v) is 3.69. The van der Waals surface area contributed by atoms with Gasteiger partial charge in [-0.1, -0.05) is 6.07 Å². The van der Waals surface area contributed by atoms with E-state index in [9.17, 15) is 4.39 Å². The van der Waals surface area contributed by atoms with Crippen molar-refractivity contribution in [3.63, 3.8) is 0 Å². The normalized spacial score (nSPS) is 17.2. The lowest BCUT2D eigenvalue weighted by Crippen LogP contribution is -2.39. The minimum atomic E-state index is -0.407. The molecular weight excluding hydrogens is 385 g/mol. The van der Waals surface area contributed by atoms with Crippen LogP contribution in [0.25, 0.3) is 11.5 Å². The van der Waals surface area contributed by atoms with Gasteiger partial charge in [-0.15, -0.1) is 0 Å². The van der Waals surface area contributed by atoms with Crippen LogP contribution in [0, 0.1) is 12.7 Å². The summed E-state index contributed by atoms with van der Waals surface area (Å²) in [5, 5.41) is 0. The molecule has 158 valence electrons. The number of aromatic nitrogens is 2. The van der Waals surface area contributed by atoms with Crippen LogP contribution < -0.4 is 4.74 Å². The molecule has 0 bridgehead atoms. The minimum absolute atomic E-state index is 0.176. The molecule has 3 heterocycles. The van der Waals surface area contributed by atoms with E-state index in [2.05, 4.69) is 14.9 Å². The number of piperidine rings is 1. The molecule has 1 aliphatic heterocycles. The summed E-state index contributed by atoms with van der Waals surface area (Å²) in [5.41, 5.74) is 2.67. The molecule has 1 atom stereocenters. The second-order valence-corrected chi connectivity index (χ2v) is 7.54. The lowest BCUT2D eigenvalue weighted by molar-refractivity contribution is -0.0124. The molecule has 7 heteroatoms. The lowest BCUT2D eigenvalue weighted by Gasteiger charge is -2.32. The SMILES string of the molecule is COc1cc(-c2nc(CN3CCC[C@H](OCc4cccnc4)C3)c(C)o2)ccc1F. The summed E-state index contributed by atoms with van der Waals surface area (Å²) in [5.74, 6) is 1.01. The predicted molar refractivity (Wildman–Crippen MR) is 111 cm³/mol. The van der Waals surface area contributed by atoms with Gasteiger partial charge in [-0.05, 0) is 56.1 Å². The number of hydrogen-bond donors (Lipinski definition) is 0. The molecule has 6 nitrogen and oxygen atoms in total. The first kappa shape index (κ1) is 20.5. The number of benzene rings is 1. The monoisotopic (exact) mass is 411 g/mol. The molecule has 1 aliphatic rings. The van der Waals surface area contributed by atoms with Crippen molar-refractivity contribution in [3.8, 4) is 17.2 Å². The molecule has 0 spiro atoms. The largest absolute Gasteiger partial charge is 0.494 e. The van der Waals surface area contributed by atoms with Crippen molar-refractivity contribution in [2.45, 2.75) is 39.0 Å². The summed E-state index contributed by atoms with van der Waals surface area (Å²) in [6, 6.07) is 8.57. The predicted octanol–water partition coefficient (Wildman–Crippen LogP) is 4.37. The average molecular weight is 411 g/mol. The summed E-state index contributed by atoms with van der Waals surface area (Å²) in [4.78, 5) is 11.1. The first-order valence-corrected chi connectivity index (χ1v) is 10.2. The van der Waals surface area contributed by atoms with Gasteiger partial charge in [0.05, 0.1) is 25.5 Å². The van der Waals surface area contributed by atoms with E-state index in [1.807, 2.05) is 25.3 Å². The van der Waals surface area contributed by atoms with E-state index >= 15 is 0 Å². The highest BCUT2D eigenvalue weighted by molar-refractivity contribution is 5.56. The second kappa shape index (κ2) is 9.36. The maximum absolute atomic E-state index is 13.7. The van der Waals surface area contributed by atoms with Crippen LogP contribution in [-0.4, -0.2) is 41.2 Å². The maximum atomic E-state index is 13.7. The molecule has 30 heavy (non-hydrogen) atoms. The van der Waals surface area contributed by atoms with Gasteiger partial charge in [0.15, 0.2) is 11.6 Å². The maximum Gasteiger partial charge on any atom is 0.226 e. The number of oxazole rings is 1. The Bertz CT molecular complexity index is 977. The van der Waals surface area contributed by atoms with Crippen molar-refractivity contribution in [3.05, 3.63) is 65.6 Å². The summed E-state index contributed by atoms with van der Waals surface area (Å²) in [6.45, 7) is 5.03. The quantitative estimate of drug-likeness (QED) is 0.575. The Labute approximate surface area is 175 Å². The molecule has 0 unspecified atom stereocenters. The standard InChI is InChI=1S/C23H26FN3O3/c1-16-21(26-23(30-16)18-7-8-20(24)22(11-18)28-2)14-27-10-4-6-19(13-27)29-15-17-5-3-9-25-12-17/h3,5,7-9,11-12,19H,4,6,10,13-15H2,1-2H3/t19-/m0/s1. The third-order valence-electron chi connectivity index (χ3n) is 5.33. The van der Waals surface area contributed by atoms with Crippen molar-refractivity contribution in [1.82, 2.24) is 14.9 Å². The molecule has 1 aromatic carbocycles. The first-order valence-electron chi connectivity index (χ1n) is 10.2. The lowest BCUT2D eigenvalue weighted by atomic mass is 10.1. The molecule has 1 saturated heterocycles. The van der Waals surface area contributed by atoms with E-state index in [0.29, 0.717) is 24.6 Å². The number of aryl methyl sites for hydroxylation is 1. The van der Waals surface area contributed by atoms with Crippen LogP contribution in [0.15, 0.2) is 47.1 Å². The van der Waals surface area contributed by atoms with Crippen LogP contribution in [0.3, 0.4) is 0 Å². The molecule has 2 aromatic heterocycles. The van der Waals surface area contributed by atoms with Crippen molar-refractivity contribution in [1.29, 1.82) is 0 Å². The Kier molecular flexibility index (Phi) is 6.40. The van der Waals surface area contributed by atoms with Crippen LogP contribution in [-0.2, 0) is 17.9 Å². The topological polar surface area (TPSA) is 60.6 Å². The van der Waals surface area contributed by atoms with Crippen molar-refractivity contribution in [2.24, 2.45) is 0 Å². The summed E-state index contributed by atoms with van der Waals surface area (Å²) in [7, 11) is 1.44. The van der Waals surface area contributed by atoms with E-state index < -0.39 is 5.82 Å². The Morgan fingerprint density at radius 1 is 1.30 bits per heavy atom. The van der Waals surface area contributed by atoms with Crippen LogP contribution in [0.2, 0.25) is 0 Å². The Hall–Kier alpha value is -2.77. The van der Waals surface area contributed by atoms with E-state index in [0.717, 1.165) is 42.9 Å². The zero-order valence-electron chi connectivity index (χ0n) is 17.3. The highest BCUT2D eigenvalue weighted by Gasteiger charge is 2.23. The fraction of sp³-hybridized carbons (Fsp3) is 0.391. The minimum Gasteiger partial charge on any atom is -0.494 e. The van der Waals surface area contributed by atoms with Gasteiger partial charge in [-0.2, -0.15) is 0 Å². The second-order valence-electron chi connectivity index (χ2n) is 7.54. The number of hydrogen-bond acceptors (Lipinski definition) is 6. The average Bonchev–Trinajstić information content (AvgIpc) is 3.14. The van der Waals surface area contributed by atoms with Crippen molar-refractivity contribution in [2.75, 3.05) is 20.2 Å². The van der Waals surface area contributed by atoms with E-state index in [4.69, 9.17) is 13.9 Å². The van der Waals surface area contributed by atoms with Gasteiger partial charge >= 0.3 is 0 Å². The third kappa shape index (κ3) is 4.86. The van der Waals surface area contributed by atoms with Crippen LogP contribution in [0.1, 0.15) is 29.9 Å². The van der Waals surface area contributed by atoms with E-state index in [1.165, 1.54) is 13.2 Å². The molecule has 0 aliphatic carbocycles. The van der Waals surface area contributed by atoms with Gasteiger partial charge in [0.2, 0.25) is 5.89 Å². The molecule has 0 amide bonds. The number of likely N-dealkylation sites (tertiary alicyclic amines) is 1. The number of nitrogens with zero attached hydrogens (tertiary/aromatic N) is 3.